The van der Waals surface area contributed by atoms with Crippen LogP contribution in [0.4, 0.5) is 10.5 Å². The maximum absolute atomic E-state index is 13.7. The second-order valence-electron chi connectivity index (χ2n) is 8.16. The SMILES string of the molecule is COc1ccc(N2C(=O)[C@@H]3Cc4c([nH]c5ccccc45)C(c4ccccc4)N3C2=O)cc1. The number of ether oxygens (including phenoxy) is 1. The number of nitrogens with zero attached hydrogens (tertiary/aromatic N) is 2. The lowest BCUT2D eigenvalue weighted by atomic mass is 9.89. The Kier molecular flexibility index (Phi) is 4.08. The van der Waals surface area contributed by atoms with Gasteiger partial charge in [0.1, 0.15) is 17.8 Å². The van der Waals surface area contributed by atoms with E-state index < -0.39 is 6.04 Å². The number of urea groups is 1. The minimum atomic E-state index is -0.554. The second kappa shape index (κ2) is 6.99. The van der Waals surface area contributed by atoms with Crippen LogP contribution in [0.1, 0.15) is 22.9 Å². The van der Waals surface area contributed by atoms with Crippen LogP contribution in [0, 0.1) is 0 Å². The summed E-state index contributed by atoms with van der Waals surface area (Å²) in [6.45, 7) is 0. The standard InChI is InChI=1S/C26H21N3O3/c1-32-18-13-11-17(12-14-18)28-25(30)22-15-20-19-9-5-6-10-21(19)27-23(20)24(29(22)26(28)31)16-7-3-2-4-8-16/h2-14,22,24,27H,15H2,1H3/t22-,24?/m0/s1. The smallest absolute Gasteiger partial charge is 0.332 e. The monoisotopic (exact) mass is 423 g/mol. The van der Waals surface area contributed by atoms with Gasteiger partial charge in [0, 0.05) is 23.0 Å². The predicted molar refractivity (Wildman–Crippen MR) is 122 cm³/mol. The lowest BCUT2D eigenvalue weighted by Gasteiger charge is -2.36. The average molecular weight is 423 g/mol. The molecule has 2 aliphatic heterocycles. The predicted octanol–water partition coefficient (Wildman–Crippen LogP) is 4.66. The first-order valence-electron chi connectivity index (χ1n) is 10.6. The molecule has 2 atom stereocenters. The lowest BCUT2D eigenvalue weighted by Crippen LogP contribution is -2.44. The summed E-state index contributed by atoms with van der Waals surface area (Å²) in [5, 5.41) is 1.10. The Morgan fingerprint density at radius 2 is 1.62 bits per heavy atom. The first-order chi connectivity index (χ1) is 15.7. The third-order valence-electron chi connectivity index (χ3n) is 6.50. The number of H-pyrrole nitrogens is 1. The highest BCUT2D eigenvalue weighted by Crippen LogP contribution is 2.44. The second-order valence-corrected chi connectivity index (χ2v) is 8.16. The van der Waals surface area contributed by atoms with Gasteiger partial charge in [0.15, 0.2) is 0 Å². The molecule has 6 rings (SSSR count). The summed E-state index contributed by atoms with van der Waals surface area (Å²) < 4.78 is 5.22. The van der Waals surface area contributed by atoms with Crippen LogP contribution in [-0.4, -0.2) is 35.0 Å². The fourth-order valence-electron chi connectivity index (χ4n) is 5.03. The van der Waals surface area contributed by atoms with Crippen LogP contribution in [0.25, 0.3) is 10.9 Å². The van der Waals surface area contributed by atoms with Crippen LogP contribution in [0.5, 0.6) is 5.75 Å². The molecule has 2 aliphatic rings. The summed E-state index contributed by atoms with van der Waals surface area (Å²) in [6.07, 6.45) is 0.486. The number of anilines is 1. The number of fused-ring (bicyclic) bond motifs is 4. The van der Waals surface area contributed by atoms with Crippen molar-refractivity contribution in [2.45, 2.75) is 18.5 Å². The molecule has 32 heavy (non-hydrogen) atoms. The zero-order valence-corrected chi connectivity index (χ0v) is 17.5. The van der Waals surface area contributed by atoms with Gasteiger partial charge in [0.2, 0.25) is 0 Å². The van der Waals surface area contributed by atoms with Crippen LogP contribution in [0.3, 0.4) is 0 Å². The molecule has 3 amide bonds. The number of methoxy groups -OCH3 is 1. The average Bonchev–Trinajstić information content (AvgIpc) is 3.33. The molecule has 3 aromatic carbocycles. The number of amides is 3. The molecule has 0 aliphatic carbocycles. The highest BCUT2D eigenvalue weighted by Gasteiger charge is 2.53. The van der Waals surface area contributed by atoms with E-state index in [-0.39, 0.29) is 18.0 Å². The number of nitrogens with one attached hydrogen (secondary N) is 1. The minimum Gasteiger partial charge on any atom is -0.497 e. The highest BCUT2D eigenvalue weighted by atomic mass is 16.5. The van der Waals surface area contributed by atoms with Crippen molar-refractivity contribution in [3.05, 3.63) is 95.7 Å². The first kappa shape index (κ1) is 18.7. The minimum absolute atomic E-state index is 0.197. The van der Waals surface area contributed by atoms with Crippen molar-refractivity contribution in [1.82, 2.24) is 9.88 Å². The van der Waals surface area contributed by atoms with Crippen molar-refractivity contribution in [3.63, 3.8) is 0 Å². The summed E-state index contributed by atoms with van der Waals surface area (Å²) in [6, 6.07) is 23.8. The van der Waals surface area contributed by atoms with Gasteiger partial charge in [0.25, 0.3) is 5.91 Å². The zero-order valence-electron chi connectivity index (χ0n) is 17.5. The highest BCUT2D eigenvalue weighted by molar-refractivity contribution is 6.22. The van der Waals surface area contributed by atoms with Gasteiger partial charge in [-0.2, -0.15) is 0 Å². The van der Waals surface area contributed by atoms with Gasteiger partial charge < -0.3 is 9.72 Å². The number of hydrogen-bond donors (Lipinski definition) is 1. The number of benzene rings is 3. The summed E-state index contributed by atoms with van der Waals surface area (Å²) in [7, 11) is 1.59. The van der Waals surface area contributed by atoms with Gasteiger partial charge in [-0.15, -0.1) is 0 Å². The molecule has 3 heterocycles. The van der Waals surface area contributed by atoms with Gasteiger partial charge in [-0.3, -0.25) is 9.69 Å². The Morgan fingerprint density at radius 3 is 2.38 bits per heavy atom. The summed E-state index contributed by atoms with van der Waals surface area (Å²) >= 11 is 0. The molecule has 0 saturated carbocycles. The van der Waals surface area contributed by atoms with Gasteiger partial charge >= 0.3 is 6.03 Å². The number of rotatable bonds is 3. The number of hydrogen-bond acceptors (Lipinski definition) is 3. The molecule has 1 N–H and O–H groups in total. The van der Waals surface area contributed by atoms with E-state index in [0.717, 1.165) is 27.7 Å². The van der Waals surface area contributed by atoms with Crippen LogP contribution in [-0.2, 0) is 11.2 Å². The molecule has 6 heteroatoms. The molecule has 4 aromatic rings. The molecule has 1 saturated heterocycles. The lowest BCUT2D eigenvalue weighted by molar-refractivity contribution is -0.120. The Balaban J connectivity index is 1.51. The van der Waals surface area contributed by atoms with Gasteiger partial charge in [0.05, 0.1) is 12.8 Å². The number of imide groups is 1. The Hall–Kier alpha value is -4.06. The van der Waals surface area contributed by atoms with Crippen LogP contribution in [0.2, 0.25) is 0 Å². The van der Waals surface area contributed by atoms with E-state index in [9.17, 15) is 9.59 Å². The molecule has 0 bridgehead atoms. The van der Waals surface area contributed by atoms with Crippen LogP contribution < -0.4 is 9.64 Å². The van der Waals surface area contributed by atoms with E-state index in [1.54, 1.807) is 36.3 Å². The first-order valence-corrected chi connectivity index (χ1v) is 10.6. The third-order valence-corrected chi connectivity index (χ3v) is 6.50. The third kappa shape index (κ3) is 2.59. The fraction of sp³-hybridized carbons (Fsp3) is 0.154. The Bertz CT molecular complexity index is 1340. The molecule has 1 aromatic heterocycles. The van der Waals surface area contributed by atoms with Crippen molar-refractivity contribution in [2.75, 3.05) is 12.0 Å². The molecular formula is C26H21N3O3. The number of para-hydroxylation sites is 1. The van der Waals surface area contributed by atoms with Crippen molar-refractivity contribution < 1.29 is 14.3 Å². The maximum Gasteiger partial charge on any atom is 0.332 e. The fourth-order valence-corrected chi connectivity index (χ4v) is 5.03. The van der Waals surface area contributed by atoms with E-state index in [4.69, 9.17) is 4.74 Å². The van der Waals surface area contributed by atoms with Gasteiger partial charge in [-0.25, -0.2) is 9.69 Å². The van der Waals surface area contributed by atoms with Crippen molar-refractivity contribution in [2.24, 2.45) is 0 Å². The van der Waals surface area contributed by atoms with E-state index >= 15 is 0 Å². The van der Waals surface area contributed by atoms with Crippen molar-refractivity contribution in [1.29, 1.82) is 0 Å². The van der Waals surface area contributed by atoms with E-state index in [0.29, 0.717) is 17.9 Å². The molecular weight excluding hydrogens is 402 g/mol. The number of carbonyl (C=O) groups excluding carboxylic acids is 2. The zero-order chi connectivity index (χ0) is 21.8. The Labute approximate surface area is 185 Å². The quantitative estimate of drug-likeness (QED) is 0.488. The molecule has 158 valence electrons. The van der Waals surface area contributed by atoms with E-state index in [2.05, 4.69) is 11.1 Å². The molecule has 0 radical (unpaired) electrons. The number of aromatic nitrogens is 1. The summed E-state index contributed by atoms with van der Waals surface area (Å²) in [5.74, 6) is 0.478. The van der Waals surface area contributed by atoms with Gasteiger partial charge in [-0.1, -0.05) is 48.5 Å². The van der Waals surface area contributed by atoms with Crippen LogP contribution >= 0.6 is 0 Å². The Morgan fingerprint density at radius 1 is 0.906 bits per heavy atom. The topological polar surface area (TPSA) is 65.6 Å². The summed E-state index contributed by atoms with van der Waals surface area (Å²) in [5.41, 5.74) is 4.63. The molecule has 6 nitrogen and oxygen atoms in total. The van der Waals surface area contributed by atoms with Gasteiger partial charge in [-0.05, 0) is 41.5 Å². The number of carbonyl (C=O) groups is 2. The normalized spacial score (nSPS) is 19.9. The molecule has 0 spiro atoms. The summed E-state index contributed by atoms with van der Waals surface area (Å²) in [4.78, 5) is 33.8. The van der Waals surface area contributed by atoms with E-state index in [1.165, 1.54) is 4.90 Å². The van der Waals surface area contributed by atoms with Crippen molar-refractivity contribution in [3.8, 4) is 5.75 Å². The number of aromatic amines is 1. The maximum atomic E-state index is 13.7. The largest absolute Gasteiger partial charge is 0.497 e. The molecule has 1 unspecified atom stereocenters. The van der Waals surface area contributed by atoms with Crippen LogP contribution in [0.15, 0.2) is 78.9 Å². The van der Waals surface area contributed by atoms with E-state index in [1.807, 2.05) is 48.5 Å². The molecule has 1 fully saturated rings. The van der Waals surface area contributed by atoms with Crippen molar-refractivity contribution >= 4 is 28.5 Å².